The summed E-state index contributed by atoms with van der Waals surface area (Å²) in [5.41, 5.74) is 11.9. The number of hydrogen-bond donors (Lipinski definition) is 0. The van der Waals surface area contributed by atoms with E-state index in [1.54, 1.807) is 30.3 Å². The number of nitrogens with zero attached hydrogens (tertiary/aromatic N) is 5. The van der Waals surface area contributed by atoms with Gasteiger partial charge in [-0.05, 0) is 34.9 Å². The van der Waals surface area contributed by atoms with Crippen molar-refractivity contribution in [3.05, 3.63) is 81.4 Å². The first-order valence-electron chi connectivity index (χ1n) is 9.28. The van der Waals surface area contributed by atoms with E-state index in [2.05, 4.69) is 19.9 Å². The molecule has 0 unspecified atom stereocenters. The van der Waals surface area contributed by atoms with Crippen molar-refractivity contribution in [1.82, 2.24) is 4.90 Å². The van der Waals surface area contributed by atoms with Crippen LogP contribution in [0.25, 0.3) is 16.5 Å². The van der Waals surface area contributed by atoms with Crippen LogP contribution < -0.4 is 0 Å². The zero-order valence-electron chi connectivity index (χ0n) is 15.7. The van der Waals surface area contributed by atoms with Crippen LogP contribution in [0.3, 0.4) is 0 Å². The molecule has 8 nitrogen and oxygen atoms in total. The van der Waals surface area contributed by atoms with Gasteiger partial charge in [0.25, 0.3) is 0 Å². The van der Waals surface area contributed by atoms with Crippen LogP contribution in [0.2, 0.25) is 0 Å². The van der Waals surface area contributed by atoms with Gasteiger partial charge in [-0.1, -0.05) is 41.5 Å². The number of aliphatic imine (C=N–C) groups is 1. The number of cyclic esters (lactones) is 1. The van der Waals surface area contributed by atoms with Gasteiger partial charge in [0.05, 0.1) is 13.2 Å². The highest BCUT2D eigenvalue weighted by Gasteiger charge is 2.24. The Kier molecular flexibility index (Phi) is 5.67. The maximum absolute atomic E-state index is 12.2. The van der Waals surface area contributed by atoms with E-state index in [9.17, 15) is 4.79 Å². The van der Waals surface area contributed by atoms with Crippen LogP contribution in [0, 0.1) is 0 Å². The first kappa shape index (κ1) is 18.9. The molecular weight excluding hydrogens is 370 g/mol. The van der Waals surface area contributed by atoms with Crippen molar-refractivity contribution in [2.45, 2.75) is 6.54 Å². The topological polar surface area (TPSA) is 99.9 Å². The minimum Gasteiger partial charge on any atom is -0.402 e. The predicted octanol–water partition coefficient (Wildman–Crippen LogP) is 3.81. The van der Waals surface area contributed by atoms with Crippen LogP contribution in [0.15, 0.2) is 64.3 Å². The molecule has 0 spiro atoms. The van der Waals surface area contributed by atoms with E-state index in [-0.39, 0.29) is 5.70 Å². The highest BCUT2D eigenvalue weighted by atomic mass is 16.6. The number of carbonyl (C=O) groups is 1. The maximum atomic E-state index is 12.2. The standard InChI is InChI=1S/C21H19N5O3/c22-25-24-18-7-3-15(4-8-18)13-19-21(27)29-20(23-19)17-5-1-16(2-6-17)14-26-9-11-28-12-10-26/h1-8,13H,9-12,14H2/b19-13-. The third-order valence-corrected chi connectivity index (χ3v) is 4.69. The summed E-state index contributed by atoms with van der Waals surface area (Å²) in [5, 5.41) is 3.52. The lowest BCUT2D eigenvalue weighted by molar-refractivity contribution is -0.129. The number of esters is 1. The zero-order valence-corrected chi connectivity index (χ0v) is 15.7. The van der Waals surface area contributed by atoms with E-state index in [0.29, 0.717) is 11.6 Å². The number of hydrogen-bond acceptors (Lipinski definition) is 6. The zero-order chi connectivity index (χ0) is 20.1. The predicted molar refractivity (Wildman–Crippen MR) is 108 cm³/mol. The van der Waals surface area contributed by atoms with Crippen LogP contribution in [-0.2, 0) is 20.8 Å². The molecule has 0 saturated carbocycles. The van der Waals surface area contributed by atoms with E-state index < -0.39 is 5.97 Å². The number of carbonyl (C=O) groups excluding carboxylic acids is 1. The molecule has 8 heteroatoms. The molecule has 0 bridgehead atoms. The van der Waals surface area contributed by atoms with Crippen LogP contribution in [0.1, 0.15) is 16.7 Å². The lowest BCUT2D eigenvalue weighted by Crippen LogP contribution is -2.35. The second kappa shape index (κ2) is 8.70. The van der Waals surface area contributed by atoms with Crippen LogP contribution in [0.4, 0.5) is 5.69 Å². The van der Waals surface area contributed by atoms with Gasteiger partial charge in [0, 0.05) is 35.8 Å². The minimum absolute atomic E-state index is 0.230. The van der Waals surface area contributed by atoms with Crippen molar-refractivity contribution in [3.8, 4) is 0 Å². The molecule has 146 valence electrons. The van der Waals surface area contributed by atoms with Gasteiger partial charge in [-0.25, -0.2) is 9.79 Å². The van der Waals surface area contributed by atoms with Crippen molar-refractivity contribution >= 4 is 23.6 Å². The molecule has 2 heterocycles. The van der Waals surface area contributed by atoms with Crippen molar-refractivity contribution in [2.24, 2.45) is 10.1 Å². The van der Waals surface area contributed by atoms with Gasteiger partial charge < -0.3 is 9.47 Å². The fourth-order valence-corrected chi connectivity index (χ4v) is 3.15. The molecule has 0 aliphatic carbocycles. The second-order valence-electron chi connectivity index (χ2n) is 6.70. The summed E-state index contributed by atoms with van der Waals surface area (Å²) in [7, 11) is 0. The third-order valence-electron chi connectivity index (χ3n) is 4.69. The lowest BCUT2D eigenvalue weighted by atomic mass is 10.1. The van der Waals surface area contributed by atoms with Gasteiger partial charge in [-0.15, -0.1) is 0 Å². The molecule has 0 radical (unpaired) electrons. The number of morpholine rings is 1. The first-order chi connectivity index (χ1) is 14.2. The molecule has 0 atom stereocenters. The molecule has 2 aliphatic heterocycles. The van der Waals surface area contributed by atoms with E-state index >= 15 is 0 Å². The number of ether oxygens (including phenoxy) is 2. The monoisotopic (exact) mass is 389 g/mol. The summed E-state index contributed by atoms with van der Waals surface area (Å²) in [6.07, 6.45) is 1.64. The van der Waals surface area contributed by atoms with Gasteiger partial charge in [0.15, 0.2) is 5.70 Å². The molecule has 1 saturated heterocycles. The van der Waals surface area contributed by atoms with Crippen molar-refractivity contribution in [2.75, 3.05) is 26.3 Å². The van der Waals surface area contributed by atoms with Crippen molar-refractivity contribution in [1.29, 1.82) is 0 Å². The summed E-state index contributed by atoms with van der Waals surface area (Å²) in [4.78, 5) is 21.6. The fraction of sp³-hybridized carbons (Fsp3) is 0.238. The van der Waals surface area contributed by atoms with E-state index in [0.717, 1.165) is 44.0 Å². The summed E-state index contributed by atoms with van der Waals surface area (Å²) >= 11 is 0. The third kappa shape index (κ3) is 4.70. The van der Waals surface area contributed by atoms with Crippen LogP contribution >= 0.6 is 0 Å². The lowest BCUT2D eigenvalue weighted by Gasteiger charge is -2.26. The van der Waals surface area contributed by atoms with Crippen molar-refractivity contribution < 1.29 is 14.3 Å². The Morgan fingerprint density at radius 2 is 1.83 bits per heavy atom. The van der Waals surface area contributed by atoms with Gasteiger partial charge >= 0.3 is 5.97 Å². The number of benzene rings is 2. The maximum Gasteiger partial charge on any atom is 0.363 e. The molecule has 0 aromatic heterocycles. The molecule has 0 N–H and O–H groups in total. The van der Waals surface area contributed by atoms with Crippen molar-refractivity contribution in [3.63, 3.8) is 0 Å². The SMILES string of the molecule is [N-]=[N+]=Nc1ccc(/C=C2\N=C(c3ccc(CN4CCOCC4)cc3)OC2=O)cc1. The van der Waals surface area contributed by atoms with E-state index in [4.69, 9.17) is 15.0 Å². The Morgan fingerprint density at radius 1 is 1.10 bits per heavy atom. The largest absolute Gasteiger partial charge is 0.402 e. The minimum atomic E-state index is -0.489. The summed E-state index contributed by atoms with van der Waals surface area (Å²) < 4.78 is 10.7. The summed E-state index contributed by atoms with van der Waals surface area (Å²) in [6.45, 7) is 4.28. The number of rotatable bonds is 5. The van der Waals surface area contributed by atoms with Gasteiger partial charge in [0.2, 0.25) is 5.90 Å². The molecule has 4 rings (SSSR count). The molecule has 2 aromatic rings. The molecule has 1 fully saturated rings. The highest BCUT2D eigenvalue weighted by Crippen LogP contribution is 2.21. The van der Waals surface area contributed by atoms with Gasteiger partial charge in [0.1, 0.15) is 0 Å². The Bertz CT molecular complexity index is 1000. The molecule has 2 aliphatic rings. The summed E-state index contributed by atoms with van der Waals surface area (Å²) in [6, 6.07) is 14.7. The number of azide groups is 1. The highest BCUT2D eigenvalue weighted by molar-refractivity contribution is 6.12. The van der Waals surface area contributed by atoms with Crippen LogP contribution in [-0.4, -0.2) is 43.1 Å². The Labute approximate surface area is 167 Å². The van der Waals surface area contributed by atoms with E-state index in [1.807, 2.05) is 24.3 Å². The van der Waals surface area contributed by atoms with Gasteiger partial charge in [-0.2, -0.15) is 0 Å². The molecular formula is C21H19N5O3. The Balaban J connectivity index is 1.47. The molecule has 2 aromatic carbocycles. The first-order valence-corrected chi connectivity index (χ1v) is 9.28. The van der Waals surface area contributed by atoms with E-state index in [1.165, 1.54) is 5.56 Å². The quantitative estimate of drug-likeness (QED) is 0.255. The molecule has 29 heavy (non-hydrogen) atoms. The fourth-order valence-electron chi connectivity index (χ4n) is 3.15. The normalized spacial score (nSPS) is 18.3. The Morgan fingerprint density at radius 3 is 2.52 bits per heavy atom. The van der Waals surface area contributed by atoms with Crippen LogP contribution in [0.5, 0.6) is 0 Å². The van der Waals surface area contributed by atoms with Gasteiger partial charge in [-0.3, -0.25) is 4.90 Å². The molecule has 0 amide bonds. The summed E-state index contributed by atoms with van der Waals surface area (Å²) in [5.74, 6) is -0.193. The average molecular weight is 389 g/mol. The smallest absolute Gasteiger partial charge is 0.363 e. The Hall–Kier alpha value is -3.45. The second-order valence-corrected chi connectivity index (χ2v) is 6.70. The average Bonchev–Trinajstić information content (AvgIpc) is 3.11.